The molecule has 0 fully saturated rings. The van der Waals surface area contributed by atoms with Crippen molar-refractivity contribution in [2.75, 3.05) is 0 Å². The van der Waals surface area contributed by atoms with Crippen molar-refractivity contribution in [3.63, 3.8) is 0 Å². The minimum absolute atomic E-state index is 0.880. The predicted molar refractivity (Wildman–Crippen MR) is 85.6 cm³/mol. The number of hydrogen-bond acceptors (Lipinski definition) is 1. The van der Waals surface area contributed by atoms with Gasteiger partial charge in [0.15, 0.2) is 0 Å². The molecule has 2 rings (SSSR count). The standard InChI is InChI=1S/C18H20N2/c1-4-8-15(9-5-2)13-16-10-6-7-11-17(16)18-12-14(3)19-20-18/h4-12H,1,13H2,2-3H3,(H,19,20)/b9-5-,15-8+. The highest BCUT2D eigenvalue weighted by molar-refractivity contribution is 5.64. The Morgan fingerprint density at radius 3 is 2.80 bits per heavy atom. The van der Waals surface area contributed by atoms with Gasteiger partial charge >= 0.3 is 0 Å². The predicted octanol–water partition coefficient (Wildman–Crippen LogP) is 4.62. The highest BCUT2D eigenvalue weighted by atomic mass is 15.1. The summed E-state index contributed by atoms with van der Waals surface area (Å²) in [6, 6.07) is 10.5. The minimum Gasteiger partial charge on any atom is -0.278 e. The van der Waals surface area contributed by atoms with Crippen LogP contribution in [0.1, 0.15) is 18.2 Å². The van der Waals surface area contributed by atoms with Crippen molar-refractivity contribution < 1.29 is 0 Å². The maximum Gasteiger partial charge on any atom is 0.0655 e. The first-order chi connectivity index (χ1) is 9.74. The Morgan fingerprint density at radius 1 is 1.35 bits per heavy atom. The zero-order valence-corrected chi connectivity index (χ0v) is 12.1. The highest BCUT2D eigenvalue weighted by Gasteiger charge is 2.07. The molecule has 0 bridgehead atoms. The maximum atomic E-state index is 4.22. The number of rotatable bonds is 5. The third kappa shape index (κ3) is 3.35. The van der Waals surface area contributed by atoms with Crippen LogP contribution in [-0.2, 0) is 6.42 Å². The van der Waals surface area contributed by atoms with E-state index < -0.39 is 0 Å². The number of allylic oxidation sites excluding steroid dienone is 5. The lowest BCUT2D eigenvalue weighted by molar-refractivity contribution is 1.05. The van der Waals surface area contributed by atoms with Crippen LogP contribution in [0.15, 0.2) is 66.8 Å². The highest BCUT2D eigenvalue weighted by Crippen LogP contribution is 2.24. The van der Waals surface area contributed by atoms with Crippen molar-refractivity contribution in [3.8, 4) is 11.3 Å². The molecule has 1 heterocycles. The van der Waals surface area contributed by atoms with Gasteiger partial charge in [0.1, 0.15) is 0 Å². The van der Waals surface area contributed by atoms with Gasteiger partial charge in [-0.2, -0.15) is 5.10 Å². The van der Waals surface area contributed by atoms with Crippen LogP contribution >= 0.6 is 0 Å². The molecular weight excluding hydrogens is 244 g/mol. The summed E-state index contributed by atoms with van der Waals surface area (Å²) in [6.45, 7) is 7.80. The Labute approximate surface area is 120 Å². The van der Waals surface area contributed by atoms with Crippen LogP contribution in [0.5, 0.6) is 0 Å². The van der Waals surface area contributed by atoms with Gasteiger partial charge in [0.05, 0.1) is 11.4 Å². The molecule has 2 nitrogen and oxygen atoms in total. The van der Waals surface area contributed by atoms with Crippen LogP contribution < -0.4 is 0 Å². The fraction of sp³-hybridized carbons (Fsp3) is 0.167. The van der Waals surface area contributed by atoms with Gasteiger partial charge in [0.2, 0.25) is 0 Å². The Bertz CT molecular complexity index is 645. The summed E-state index contributed by atoms with van der Waals surface area (Å²) in [4.78, 5) is 0. The molecule has 0 atom stereocenters. The molecule has 0 aliphatic carbocycles. The SMILES string of the molecule is C=C/C=C(\C=C/C)Cc1ccccc1-c1cc(C)n[nH]1. The van der Waals surface area contributed by atoms with E-state index in [9.17, 15) is 0 Å². The Hall–Kier alpha value is -2.35. The third-order valence-electron chi connectivity index (χ3n) is 3.12. The lowest BCUT2D eigenvalue weighted by atomic mass is 9.97. The van der Waals surface area contributed by atoms with E-state index in [0.717, 1.165) is 17.8 Å². The van der Waals surface area contributed by atoms with Gasteiger partial charge in [0, 0.05) is 5.56 Å². The van der Waals surface area contributed by atoms with Crippen LogP contribution in [0.4, 0.5) is 0 Å². The van der Waals surface area contributed by atoms with E-state index in [2.05, 4.69) is 65.3 Å². The van der Waals surface area contributed by atoms with Gasteiger partial charge in [-0.15, -0.1) is 0 Å². The smallest absolute Gasteiger partial charge is 0.0655 e. The minimum atomic E-state index is 0.880. The fourth-order valence-corrected chi connectivity index (χ4v) is 2.26. The van der Waals surface area contributed by atoms with Crippen molar-refractivity contribution >= 4 is 0 Å². The molecule has 0 radical (unpaired) electrons. The second-order valence-electron chi connectivity index (χ2n) is 4.73. The molecule has 1 aromatic carbocycles. The first-order valence-electron chi connectivity index (χ1n) is 6.79. The molecule has 1 aromatic heterocycles. The van der Waals surface area contributed by atoms with E-state index in [0.29, 0.717) is 0 Å². The molecule has 2 heteroatoms. The number of aromatic amines is 1. The summed E-state index contributed by atoms with van der Waals surface area (Å²) in [5.74, 6) is 0. The van der Waals surface area contributed by atoms with Gasteiger partial charge in [-0.05, 0) is 37.5 Å². The first kappa shape index (κ1) is 14.1. The molecule has 0 saturated heterocycles. The fourth-order valence-electron chi connectivity index (χ4n) is 2.26. The second kappa shape index (κ2) is 6.71. The third-order valence-corrected chi connectivity index (χ3v) is 3.12. The number of nitrogens with one attached hydrogen (secondary N) is 1. The normalized spacial score (nSPS) is 12.0. The first-order valence-corrected chi connectivity index (χ1v) is 6.79. The van der Waals surface area contributed by atoms with Crippen LogP contribution in [0, 0.1) is 6.92 Å². The van der Waals surface area contributed by atoms with E-state index in [-0.39, 0.29) is 0 Å². The van der Waals surface area contributed by atoms with E-state index in [1.807, 2.05) is 19.9 Å². The van der Waals surface area contributed by atoms with Gasteiger partial charge in [-0.3, -0.25) is 5.10 Å². The molecule has 0 saturated carbocycles. The number of benzene rings is 1. The topological polar surface area (TPSA) is 28.7 Å². The summed E-state index contributed by atoms with van der Waals surface area (Å²) in [6.07, 6.45) is 8.94. The second-order valence-corrected chi connectivity index (χ2v) is 4.73. The number of aromatic nitrogens is 2. The van der Waals surface area contributed by atoms with Crippen LogP contribution in [0.3, 0.4) is 0 Å². The van der Waals surface area contributed by atoms with Crippen molar-refractivity contribution in [2.24, 2.45) is 0 Å². The van der Waals surface area contributed by atoms with Gasteiger partial charge in [-0.25, -0.2) is 0 Å². The van der Waals surface area contributed by atoms with E-state index >= 15 is 0 Å². The number of hydrogen-bond donors (Lipinski definition) is 1. The molecule has 20 heavy (non-hydrogen) atoms. The molecule has 0 aliphatic heterocycles. The maximum absolute atomic E-state index is 4.22. The van der Waals surface area contributed by atoms with Crippen LogP contribution in [0.2, 0.25) is 0 Å². The summed E-state index contributed by atoms with van der Waals surface area (Å²) >= 11 is 0. The molecule has 1 N–H and O–H groups in total. The van der Waals surface area contributed by atoms with Gasteiger partial charge < -0.3 is 0 Å². The number of H-pyrrole nitrogens is 1. The van der Waals surface area contributed by atoms with Crippen molar-refractivity contribution in [1.82, 2.24) is 10.2 Å². The van der Waals surface area contributed by atoms with Crippen molar-refractivity contribution in [2.45, 2.75) is 20.3 Å². The molecule has 2 aromatic rings. The summed E-state index contributed by atoms with van der Waals surface area (Å²) < 4.78 is 0. The van der Waals surface area contributed by atoms with Crippen molar-refractivity contribution in [1.29, 1.82) is 0 Å². The van der Waals surface area contributed by atoms with E-state index in [1.54, 1.807) is 0 Å². The lowest BCUT2D eigenvalue weighted by Crippen LogP contribution is -1.92. The lowest BCUT2D eigenvalue weighted by Gasteiger charge is -2.08. The van der Waals surface area contributed by atoms with E-state index in [4.69, 9.17) is 0 Å². The number of nitrogens with zero attached hydrogens (tertiary/aromatic N) is 1. The van der Waals surface area contributed by atoms with Crippen molar-refractivity contribution in [3.05, 3.63) is 78.0 Å². The zero-order valence-electron chi connectivity index (χ0n) is 12.1. The Balaban J connectivity index is 2.37. The summed E-state index contributed by atoms with van der Waals surface area (Å²) in [5.41, 5.74) is 5.79. The molecular formula is C18H20N2. The van der Waals surface area contributed by atoms with E-state index in [1.165, 1.54) is 16.7 Å². The van der Waals surface area contributed by atoms with Crippen LogP contribution in [-0.4, -0.2) is 10.2 Å². The summed E-state index contributed by atoms with van der Waals surface area (Å²) in [7, 11) is 0. The molecule has 0 spiro atoms. The van der Waals surface area contributed by atoms with Gasteiger partial charge in [0.25, 0.3) is 0 Å². The zero-order chi connectivity index (χ0) is 14.4. The average Bonchev–Trinajstić information content (AvgIpc) is 2.86. The molecule has 0 amide bonds. The quantitative estimate of drug-likeness (QED) is 0.784. The number of aryl methyl sites for hydroxylation is 1. The Kier molecular flexibility index (Phi) is 4.72. The Morgan fingerprint density at radius 2 is 2.15 bits per heavy atom. The monoisotopic (exact) mass is 264 g/mol. The molecule has 102 valence electrons. The van der Waals surface area contributed by atoms with Crippen LogP contribution in [0.25, 0.3) is 11.3 Å². The average molecular weight is 264 g/mol. The summed E-state index contributed by atoms with van der Waals surface area (Å²) in [5, 5.41) is 7.31. The van der Waals surface area contributed by atoms with Gasteiger partial charge in [-0.1, -0.05) is 55.1 Å². The largest absolute Gasteiger partial charge is 0.278 e. The molecule has 0 aliphatic rings. The molecule has 0 unspecified atom stereocenters.